The van der Waals surface area contributed by atoms with Gasteiger partial charge in [-0.1, -0.05) is 43.7 Å². The molecule has 0 aliphatic carbocycles. The lowest BCUT2D eigenvalue weighted by molar-refractivity contribution is -0.121. The Hall–Kier alpha value is -1.99. The van der Waals surface area contributed by atoms with Crippen LogP contribution in [0.15, 0.2) is 24.3 Å². The molecule has 0 bridgehead atoms. The van der Waals surface area contributed by atoms with E-state index in [1.807, 2.05) is 6.92 Å². The highest BCUT2D eigenvalue weighted by Gasteiger charge is 2.16. The SMILES string of the molecule is COCCN(CCC(=O)NC(C)C(C)C)c1nc(Cc2ccc(C)cc2)ns1. The number of rotatable bonds is 11. The number of carbonyl (C=O) groups is 1. The van der Waals surface area contributed by atoms with E-state index >= 15 is 0 Å². The standard InChI is InChI=1S/C21H32N4O2S/c1-15(2)17(4)22-20(26)10-11-25(12-13-27-5)21-23-19(24-28-21)14-18-8-6-16(3)7-9-18/h6-9,15,17H,10-14H2,1-5H3,(H,22,26). The number of carbonyl (C=O) groups excluding carboxylic acids is 1. The zero-order valence-electron chi connectivity index (χ0n) is 17.6. The van der Waals surface area contributed by atoms with Crippen molar-refractivity contribution in [3.63, 3.8) is 0 Å². The summed E-state index contributed by atoms with van der Waals surface area (Å²) in [6.45, 7) is 10.2. The van der Waals surface area contributed by atoms with Gasteiger partial charge in [-0.05, 0) is 25.3 Å². The molecule has 1 amide bonds. The lowest BCUT2D eigenvalue weighted by atomic mass is 10.1. The van der Waals surface area contributed by atoms with Crippen molar-refractivity contribution < 1.29 is 9.53 Å². The van der Waals surface area contributed by atoms with Crippen molar-refractivity contribution in [1.82, 2.24) is 14.7 Å². The molecule has 0 aliphatic heterocycles. The first-order valence-electron chi connectivity index (χ1n) is 9.80. The molecule has 154 valence electrons. The fourth-order valence-corrected chi connectivity index (χ4v) is 3.30. The molecule has 1 heterocycles. The van der Waals surface area contributed by atoms with Gasteiger partial charge in [0.05, 0.1) is 6.61 Å². The van der Waals surface area contributed by atoms with Gasteiger partial charge in [-0.25, -0.2) is 4.98 Å². The van der Waals surface area contributed by atoms with E-state index in [1.54, 1.807) is 7.11 Å². The first-order valence-corrected chi connectivity index (χ1v) is 10.6. The van der Waals surface area contributed by atoms with Crippen LogP contribution in [0, 0.1) is 12.8 Å². The molecule has 2 aromatic rings. The van der Waals surface area contributed by atoms with Gasteiger partial charge in [-0.15, -0.1) is 0 Å². The smallest absolute Gasteiger partial charge is 0.221 e. The summed E-state index contributed by atoms with van der Waals surface area (Å²) in [4.78, 5) is 19.0. The number of methoxy groups -OCH3 is 1. The van der Waals surface area contributed by atoms with Crippen molar-refractivity contribution in [2.24, 2.45) is 5.92 Å². The van der Waals surface area contributed by atoms with E-state index in [4.69, 9.17) is 9.72 Å². The van der Waals surface area contributed by atoms with Crippen LogP contribution in [0.25, 0.3) is 0 Å². The minimum absolute atomic E-state index is 0.0630. The molecule has 1 aromatic heterocycles. The van der Waals surface area contributed by atoms with E-state index in [0.717, 1.165) is 11.0 Å². The zero-order chi connectivity index (χ0) is 20.5. The molecule has 1 aromatic carbocycles. The molecule has 0 spiro atoms. The molecule has 1 unspecified atom stereocenters. The van der Waals surface area contributed by atoms with Crippen LogP contribution >= 0.6 is 11.5 Å². The highest BCUT2D eigenvalue weighted by molar-refractivity contribution is 7.09. The Morgan fingerprint density at radius 3 is 2.57 bits per heavy atom. The molecule has 0 saturated heterocycles. The monoisotopic (exact) mass is 404 g/mol. The third-order valence-electron chi connectivity index (χ3n) is 4.77. The van der Waals surface area contributed by atoms with Crippen molar-refractivity contribution in [3.05, 3.63) is 41.2 Å². The third kappa shape index (κ3) is 7.20. The number of nitrogens with one attached hydrogen (secondary N) is 1. The largest absolute Gasteiger partial charge is 0.383 e. The summed E-state index contributed by atoms with van der Waals surface area (Å²) >= 11 is 1.38. The van der Waals surface area contributed by atoms with Gasteiger partial charge in [0.15, 0.2) is 0 Å². The molecule has 0 fully saturated rings. The fraction of sp³-hybridized carbons (Fsp3) is 0.571. The maximum Gasteiger partial charge on any atom is 0.221 e. The quantitative estimate of drug-likeness (QED) is 0.621. The highest BCUT2D eigenvalue weighted by atomic mass is 32.1. The number of benzene rings is 1. The molecule has 6 nitrogen and oxygen atoms in total. The van der Waals surface area contributed by atoms with E-state index in [2.05, 4.69) is 59.6 Å². The van der Waals surface area contributed by atoms with Crippen LogP contribution in [0.5, 0.6) is 0 Å². The number of anilines is 1. The van der Waals surface area contributed by atoms with E-state index in [1.165, 1.54) is 22.7 Å². The molecule has 7 heteroatoms. The highest BCUT2D eigenvalue weighted by Crippen LogP contribution is 2.19. The Morgan fingerprint density at radius 2 is 1.93 bits per heavy atom. The van der Waals surface area contributed by atoms with Gasteiger partial charge in [0.1, 0.15) is 5.82 Å². The topological polar surface area (TPSA) is 67.3 Å². The summed E-state index contributed by atoms with van der Waals surface area (Å²) in [5, 5.41) is 3.89. The zero-order valence-corrected chi connectivity index (χ0v) is 18.4. The number of aromatic nitrogens is 2. The summed E-state index contributed by atoms with van der Waals surface area (Å²) in [5.74, 6) is 1.29. The van der Waals surface area contributed by atoms with Gasteiger partial charge in [-0.3, -0.25) is 4.79 Å². The van der Waals surface area contributed by atoms with E-state index in [9.17, 15) is 4.79 Å². The van der Waals surface area contributed by atoms with Crippen molar-refractivity contribution in [1.29, 1.82) is 0 Å². The number of aryl methyl sites for hydroxylation is 1. The summed E-state index contributed by atoms with van der Waals surface area (Å²) in [6, 6.07) is 8.59. The van der Waals surface area contributed by atoms with Gasteiger partial charge in [-0.2, -0.15) is 4.37 Å². The predicted octanol–water partition coefficient (Wildman–Crippen LogP) is 3.44. The van der Waals surface area contributed by atoms with Crippen LogP contribution in [0.4, 0.5) is 5.13 Å². The van der Waals surface area contributed by atoms with Gasteiger partial charge in [0.2, 0.25) is 11.0 Å². The van der Waals surface area contributed by atoms with Crippen LogP contribution in [0.3, 0.4) is 0 Å². The summed E-state index contributed by atoms with van der Waals surface area (Å²) in [5.41, 5.74) is 2.44. The average Bonchev–Trinajstić information content (AvgIpc) is 3.12. The van der Waals surface area contributed by atoms with Gasteiger partial charge >= 0.3 is 0 Å². The second kappa shape index (κ2) is 11.1. The second-order valence-electron chi connectivity index (χ2n) is 7.49. The van der Waals surface area contributed by atoms with Crippen molar-refractivity contribution >= 4 is 22.6 Å². The average molecular weight is 405 g/mol. The molecular weight excluding hydrogens is 372 g/mol. The van der Waals surface area contributed by atoms with Crippen LogP contribution in [-0.2, 0) is 16.0 Å². The number of hydrogen-bond donors (Lipinski definition) is 1. The number of amides is 1. The van der Waals surface area contributed by atoms with Crippen LogP contribution in [0.1, 0.15) is 44.1 Å². The lowest BCUT2D eigenvalue weighted by Crippen LogP contribution is -2.38. The maximum absolute atomic E-state index is 12.2. The Bertz CT molecular complexity index is 730. The Balaban J connectivity index is 1.97. The number of ether oxygens (including phenoxy) is 1. The maximum atomic E-state index is 12.2. The van der Waals surface area contributed by atoms with Crippen molar-refractivity contribution in [2.75, 3.05) is 31.7 Å². The Kier molecular flexibility index (Phi) is 8.86. The minimum Gasteiger partial charge on any atom is -0.383 e. The summed E-state index contributed by atoms with van der Waals surface area (Å²) in [6.07, 6.45) is 1.13. The second-order valence-corrected chi connectivity index (χ2v) is 8.22. The van der Waals surface area contributed by atoms with Crippen molar-refractivity contribution in [3.8, 4) is 0 Å². The van der Waals surface area contributed by atoms with E-state index < -0.39 is 0 Å². The molecule has 28 heavy (non-hydrogen) atoms. The normalized spacial score (nSPS) is 12.2. The molecular formula is C21H32N4O2S. The first kappa shape index (κ1) is 22.3. The van der Waals surface area contributed by atoms with Crippen LogP contribution in [0.2, 0.25) is 0 Å². The van der Waals surface area contributed by atoms with E-state index in [-0.39, 0.29) is 11.9 Å². The lowest BCUT2D eigenvalue weighted by Gasteiger charge is -2.22. The Morgan fingerprint density at radius 1 is 1.21 bits per heavy atom. The van der Waals surface area contributed by atoms with Gasteiger partial charge in [0.25, 0.3) is 0 Å². The molecule has 0 aliphatic rings. The van der Waals surface area contributed by atoms with Gasteiger partial charge in [0, 0.05) is 50.6 Å². The molecule has 1 atom stereocenters. The Labute approximate surface area is 172 Å². The van der Waals surface area contributed by atoms with Crippen molar-refractivity contribution in [2.45, 2.75) is 46.6 Å². The molecule has 1 N–H and O–H groups in total. The molecule has 0 saturated carbocycles. The summed E-state index contributed by atoms with van der Waals surface area (Å²) < 4.78 is 9.73. The first-order chi connectivity index (χ1) is 13.4. The van der Waals surface area contributed by atoms with Gasteiger partial charge < -0.3 is 15.0 Å². The third-order valence-corrected chi connectivity index (χ3v) is 5.59. The molecule has 0 radical (unpaired) electrons. The van der Waals surface area contributed by atoms with E-state index in [0.29, 0.717) is 38.5 Å². The molecule has 2 rings (SSSR count). The number of hydrogen-bond acceptors (Lipinski definition) is 6. The van der Waals surface area contributed by atoms with Crippen LogP contribution in [-0.4, -0.2) is 48.1 Å². The predicted molar refractivity (Wildman–Crippen MR) is 115 cm³/mol. The van der Waals surface area contributed by atoms with Crippen LogP contribution < -0.4 is 10.2 Å². The summed E-state index contributed by atoms with van der Waals surface area (Å²) in [7, 11) is 1.68. The fourth-order valence-electron chi connectivity index (χ4n) is 2.57. The minimum atomic E-state index is 0.0630. The number of nitrogens with zero attached hydrogens (tertiary/aromatic N) is 3.